The molecule has 4 heteroatoms. The highest BCUT2D eigenvalue weighted by atomic mass is 16.3. The molecule has 0 radical (unpaired) electrons. The number of aromatic nitrogens is 1. The minimum atomic E-state index is -0.527. The highest BCUT2D eigenvalue weighted by Crippen LogP contribution is 2.21. The summed E-state index contributed by atoms with van der Waals surface area (Å²) in [6.07, 6.45) is -0.527. The van der Waals surface area contributed by atoms with E-state index in [4.69, 9.17) is 0 Å². The van der Waals surface area contributed by atoms with Gasteiger partial charge in [0.1, 0.15) is 5.69 Å². The predicted molar refractivity (Wildman–Crippen MR) is 60.3 cm³/mol. The zero-order valence-corrected chi connectivity index (χ0v) is 8.68. The van der Waals surface area contributed by atoms with E-state index in [0.29, 0.717) is 18.8 Å². The maximum atomic E-state index is 11.8. The van der Waals surface area contributed by atoms with Crippen LogP contribution in [0.2, 0.25) is 0 Å². The van der Waals surface area contributed by atoms with Gasteiger partial charge >= 0.3 is 0 Å². The van der Waals surface area contributed by atoms with Gasteiger partial charge in [-0.3, -0.25) is 4.79 Å². The van der Waals surface area contributed by atoms with E-state index in [0.717, 1.165) is 10.9 Å². The van der Waals surface area contributed by atoms with Crippen molar-refractivity contribution in [2.24, 2.45) is 0 Å². The summed E-state index contributed by atoms with van der Waals surface area (Å²) in [6, 6.07) is 9.67. The van der Waals surface area contributed by atoms with Gasteiger partial charge in [-0.15, -0.1) is 0 Å². The van der Waals surface area contributed by atoms with E-state index in [9.17, 15) is 9.90 Å². The van der Waals surface area contributed by atoms with Gasteiger partial charge in [-0.05, 0) is 12.1 Å². The standard InChI is InChI=1S/C12H12N2O2/c15-9-6-13-12(16)11-5-8-3-1-2-4-10(8)14(11)7-9/h1-5,9,15H,6-7H2,(H,13,16)/t9-/m1/s1. The van der Waals surface area contributed by atoms with Crippen molar-refractivity contribution in [3.63, 3.8) is 0 Å². The second kappa shape index (κ2) is 3.35. The third-order valence-electron chi connectivity index (χ3n) is 2.93. The van der Waals surface area contributed by atoms with Crippen LogP contribution in [0.1, 0.15) is 10.5 Å². The molecular weight excluding hydrogens is 204 g/mol. The van der Waals surface area contributed by atoms with Crippen molar-refractivity contribution in [1.82, 2.24) is 9.88 Å². The van der Waals surface area contributed by atoms with Gasteiger partial charge in [-0.2, -0.15) is 0 Å². The number of benzene rings is 1. The van der Waals surface area contributed by atoms with Crippen LogP contribution in [0.5, 0.6) is 0 Å². The quantitative estimate of drug-likeness (QED) is 0.682. The molecule has 3 rings (SSSR count). The third kappa shape index (κ3) is 1.31. The number of aliphatic hydroxyl groups excluding tert-OH is 1. The number of β-amino-alcohol motifs (C(OH)–C–C–N with tert-alkyl or cyclic N) is 1. The average molecular weight is 216 g/mol. The smallest absolute Gasteiger partial charge is 0.268 e. The second-order valence-electron chi connectivity index (χ2n) is 4.06. The molecule has 0 bridgehead atoms. The molecular formula is C12H12N2O2. The minimum Gasteiger partial charge on any atom is -0.389 e. The number of carbonyl (C=O) groups is 1. The fourth-order valence-electron chi connectivity index (χ4n) is 2.17. The Kier molecular flexibility index (Phi) is 1.97. The van der Waals surface area contributed by atoms with Crippen LogP contribution in [0.3, 0.4) is 0 Å². The van der Waals surface area contributed by atoms with Crippen LogP contribution < -0.4 is 5.32 Å². The Labute approximate surface area is 92.5 Å². The summed E-state index contributed by atoms with van der Waals surface area (Å²) in [5.74, 6) is -0.118. The molecule has 1 aromatic carbocycles. The van der Waals surface area contributed by atoms with Crippen molar-refractivity contribution in [3.05, 3.63) is 36.0 Å². The van der Waals surface area contributed by atoms with E-state index in [1.165, 1.54) is 0 Å². The molecule has 1 aliphatic rings. The molecule has 0 saturated heterocycles. The van der Waals surface area contributed by atoms with Crippen LogP contribution >= 0.6 is 0 Å². The third-order valence-corrected chi connectivity index (χ3v) is 2.93. The maximum absolute atomic E-state index is 11.8. The zero-order valence-electron chi connectivity index (χ0n) is 8.68. The number of carbonyl (C=O) groups excluding carboxylic acids is 1. The van der Waals surface area contributed by atoms with Crippen molar-refractivity contribution < 1.29 is 9.90 Å². The summed E-state index contributed by atoms with van der Waals surface area (Å²) < 4.78 is 1.88. The fourth-order valence-corrected chi connectivity index (χ4v) is 2.17. The largest absolute Gasteiger partial charge is 0.389 e. The van der Waals surface area contributed by atoms with Crippen LogP contribution in [-0.2, 0) is 6.54 Å². The van der Waals surface area contributed by atoms with Crippen molar-refractivity contribution in [3.8, 4) is 0 Å². The van der Waals surface area contributed by atoms with Crippen LogP contribution in [0, 0.1) is 0 Å². The lowest BCUT2D eigenvalue weighted by atomic mass is 10.2. The Morgan fingerprint density at radius 2 is 2.19 bits per heavy atom. The van der Waals surface area contributed by atoms with E-state index in [1.807, 2.05) is 34.9 Å². The molecule has 2 N–H and O–H groups in total. The van der Waals surface area contributed by atoms with E-state index < -0.39 is 6.10 Å². The van der Waals surface area contributed by atoms with Crippen LogP contribution in [0.4, 0.5) is 0 Å². The zero-order chi connectivity index (χ0) is 11.1. The Morgan fingerprint density at radius 3 is 3.06 bits per heavy atom. The summed E-state index contributed by atoms with van der Waals surface area (Å²) in [5.41, 5.74) is 1.62. The van der Waals surface area contributed by atoms with Crippen molar-refractivity contribution >= 4 is 16.8 Å². The number of hydrogen-bond donors (Lipinski definition) is 2. The molecule has 1 amide bonds. The molecule has 1 aromatic heterocycles. The molecule has 1 aliphatic heterocycles. The topological polar surface area (TPSA) is 54.3 Å². The van der Waals surface area contributed by atoms with Crippen molar-refractivity contribution in [2.75, 3.05) is 6.54 Å². The van der Waals surface area contributed by atoms with Crippen LogP contribution in [-0.4, -0.2) is 28.2 Å². The molecule has 2 aromatic rings. The van der Waals surface area contributed by atoms with Gasteiger partial charge in [-0.1, -0.05) is 18.2 Å². The number of nitrogens with one attached hydrogen (secondary N) is 1. The molecule has 0 saturated carbocycles. The monoisotopic (exact) mass is 216 g/mol. The molecule has 1 atom stereocenters. The van der Waals surface area contributed by atoms with Crippen LogP contribution in [0.15, 0.2) is 30.3 Å². The number of amides is 1. The molecule has 0 spiro atoms. The first-order valence-electron chi connectivity index (χ1n) is 5.30. The normalized spacial score (nSPS) is 20.3. The minimum absolute atomic E-state index is 0.118. The van der Waals surface area contributed by atoms with Crippen molar-refractivity contribution in [1.29, 1.82) is 0 Å². The molecule has 2 heterocycles. The summed E-state index contributed by atoms with van der Waals surface area (Å²) >= 11 is 0. The van der Waals surface area contributed by atoms with Crippen LogP contribution in [0.25, 0.3) is 10.9 Å². The van der Waals surface area contributed by atoms with Gasteiger partial charge in [0.05, 0.1) is 12.6 Å². The van der Waals surface area contributed by atoms with Gasteiger partial charge in [0.2, 0.25) is 0 Å². The van der Waals surface area contributed by atoms with E-state index in [1.54, 1.807) is 0 Å². The van der Waals surface area contributed by atoms with E-state index in [2.05, 4.69) is 5.32 Å². The van der Waals surface area contributed by atoms with Gasteiger partial charge in [0.15, 0.2) is 0 Å². The number of nitrogens with zero attached hydrogens (tertiary/aromatic N) is 1. The summed E-state index contributed by atoms with van der Waals surface area (Å²) in [7, 11) is 0. The van der Waals surface area contributed by atoms with E-state index in [-0.39, 0.29) is 5.91 Å². The Bertz CT molecular complexity index is 559. The number of fused-ring (bicyclic) bond motifs is 3. The predicted octanol–water partition coefficient (Wildman–Crippen LogP) is 0.746. The average Bonchev–Trinajstić information content (AvgIpc) is 2.59. The lowest BCUT2D eigenvalue weighted by Crippen LogP contribution is -2.29. The van der Waals surface area contributed by atoms with Crippen molar-refractivity contribution in [2.45, 2.75) is 12.6 Å². The number of para-hydroxylation sites is 1. The van der Waals surface area contributed by atoms with Gasteiger partial charge in [0.25, 0.3) is 5.91 Å². The Hall–Kier alpha value is -1.81. The second-order valence-corrected chi connectivity index (χ2v) is 4.06. The lowest BCUT2D eigenvalue weighted by molar-refractivity contribution is 0.0931. The SMILES string of the molecule is O=C1NC[C@@H](O)Cn2c1cc1ccccc12. The number of hydrogen-bond acceptors (Lipinski definition) is 2. The maximum Gasteiger partial charge on any atom is 0.268 e. The molecule has 4 nitrogen and oxygen atoms in total. The Morgan fingerprint density at radius 1 is 1.38 bits per heavy atom. The highest BCUT2D eigenvalue weighted by molar-refractivity contribution is 5.99. The van der Waals surface area contributed by atoms with E-state index >= 15 is 0 Å². The van der Waals surface area contributed by atoms with Gasteiger partial charge < -0.3 is 15.0 Å². The highest BCUT2D eigenvalue weighted by Gasteiger charge is 2.21. The molecule has 82 valence electrons. The molecule has 0 fully saturated rings. The van der Waals surface area contributed by atoms with Gasteiger partial charge in [-0.25, -0.2) is 0 Å². The summed E-state index contributed by atoms with van der Waals surface area (Å²) in [4.78, 5) is 11.8. The fraction of sp³-hybridized carbons (Fsp3) is 0.250. The first-order chi connectivity index (χ1) is 7.75. The molecule has 0 aliphatic carbocycles. The summed E-state index contributed by atoms with van der Waals surface area (Å²) in [6.45, 7) is 0.774. The Balaban J connectivity index is 2.27. The first kappa shape index (κ1) is 9.42. The number of rotatable bonds is 0. The summed E-state index contributed by atoms with van der Waals surface area (Å²) in [5, 5.41) is 13.4. The number of aliphatic hydroxyl groups is 1. The lowest BCUT2D eigenvalue weighted by Gasteiger charge is -2.08. The molecule has 16 heavy (non-hydrogen) atoms. The first-order valence-corrected chi connectivity index (χ1v) is 5.30. The van der Waals surface area contributed by atoms with Gasteiger partial charge in [0, 0.05) is 17.4 Å². The molecule has 0 unspecified atom stereocenters.